The van der Waals surface area contributed by atoms with E-state index in [1.807, 2.05) is 25.1 Å². The van der Waals surface area contributed by atoms with Crippen LogP contribution in [0.4, 0.5) is 11.4 Å². The van der Waals surface area contributed by atoms with Crippen LogP contribution in [0, 0.1) is 6.92 Å². The number of benzene rings is 2. The Morgan fingerprint density at radius 1 is 1.04 bits per heavy atom. The number of anilines is 2. The highest BCUT2D eigenvalue weighted by atomic mass is 16.2. The second kappa shape index (κ2) is 5.68. The molecule has 0 saturated carbocycles. The predicted octanol–water partition coefficient (Wildman–Crippen LogP) is 2.55. The molecule has 116 valence electrons. The SMILES string of the molecule is Cc1ccccc1NC(=O)[C@@H](C)N1C(=O)C(=O)c2ccccc21. The van der Waals surface area contributed by atoms with Gasteiger partial charge in [0.2, 0.25) is 5.91 Å². The molecule has 2 aromatic rings. The minimum Gasteiger partial charge on any atom is -0.324 e. The van der Waals surface area contributed by atoms with Crippen molar-refractivity contribution in [1.29, 1.82) is 0 Å². The van der Waals surface area contributed by atoms with Gasteiger partial charge in [0.05, 0.1) is 11.3 Å². The van der Waals surface area contributed by atoms with E-state index in [4.69, 9.17) is 0 Å². The van der Waals surface area contributed by atoms with E-state index >= 15 is 0 Å². The summed E-state index contributed by atoms with van der Waals surface area (Å²) in [5.41, 5.74) is 2.44. The highest BCUT2D eigenvalue weighted by Gasteiger charge is 2.40. The van der Waals surface area contributed by atoms with Crippen molar-refractivity contribution in [2.75, 3.05) is 10.2 Å². The normalized spacial score (nSPS) is 14.6. The molecule has 0 spiro atoms. The van der Waals surface area contributed by atoms with Crippen molar-refractivity contribution in [2.45, 2.75) is 19.9 Å². The monoisotopic (exact) mass is 308 g/mol. The third kappa shape index (κ3) is 2.50. The van der Waals surface area contributed by atoms with Gasteiger partial charge in [-0.05, 0) is 37.6 Å². The number of para-hydroxylation sites is 2. The summed E-state index contributed by atoms with van der Waals surface area (Å²) in [4.78, 5) is 38.0. The van der Waals surface area contributed by atoms with Crippen molar-refractivity contribution in [3.05, 3.63) is 59.7 Å². The Morgan fingerprint density at radius 3 is 2.43 bits per heavy atom. The van der Waals surface area contributed by atoms with Crippen LogP contribution in [0.1, 0.15) is 22.8 Å². The zero-order valence-corrected chi connectivity index (χ0v) is 12.9. The molecule has 0 aliphatic carbocycles. The predicted molar refractivity (Wildman–Crippen MR) is 87.5 cm³/mol. The van der Waals surface area contributed by atoms with Crippen molar-refractivity contribution in [2.24, 2.45) is 0 Å². The maximum Gasteiger partial charge on any atom is 0.300 e. The lowest BCUT2D eigenvalue weighted by Crippen LogP contribution is -2.45. The van der Waals surface area contributed by atoms with Crippen LogP contribution in [-0.4, -0.2) is 23.6 Å². The quantitative estimate of drug-likeness (QED) is 0.886. The highest BCUT2D eigenvalue weighted by Crippen LogP contribution is 2.30. The lowest BCUT2D eigenvalue weighted by Gasteiger charge is -2.24. The van der Waals surface area contributed by atoms with Crippen LogP contribution in [0.2, 0.25) is 0 Å². The number of aryl methyl sites for hydroxylation is 1. The Kier molecular flexibility index (Phi) is 3.70. The van der Waals surface area contributed by atoms with Gasteiger partial charge in [0.15, 0.2) is 0 Å². The fraction of sp³-hybridized carbons (Fsp3) is 0.167. The Bertz CT molecular complexity index is 813. The number of amides is 2. The topological polar surface area (TPSA) is 66.5 Å². The van der Waals surface area contributed by atoms with Gasteiger partial charge < -0.3 is 5.32 Å². The highest BCUT2D eigenvalue weighted by molar-refractivity contribution is 6.52. The molecule has 0 aromatic heterocycles. The summed E-state index contributed by atoms with van der Waals surface area (Å²) in [7, 11) is 0. The molecule has 1 atom stereocenters. The zero-order chi connectivity index (χ0) is 16.6. The average molecular weight is 308 g/mol. The number of carbonyl (C=O) groups is 3. The number of ketones is 1. The maximum absolute atomic E-state index is 12.5. The first-order valence-corrected chi connectivity index (χ1v) is 7.34. The van der Waals surface area contributed by atoms with Gasteiger partial charge in [-0.3, -0.25) is 19.3 Å². The molecule has 23 heavy (non-hydrogen) atoms. The van der Waals surface area contributed by atoms with Gasteiger partial charge >= 0.3 is 0 Å². The van der Waals surface area contributed by atoms with E-state index < -0.39 is 17.7 Å². The number of nitrogens with zero attached hydrogens (tertiary/aromatic N) is 1. The van der Waals surface area contributed by atoms with Crippen LogP contribution in [0.15, 0.2) is 48.5 Å². The van der Waals surface area contributed by atoms with E-state index in [2.05, 4.69) is 5.32 Å². The van der Waals surface area contributed by atoms with Gasteiger partial charge in [-0.25, -0.2) is 0 Å². The summed E-state index contributed by atoms with van der Waals surface area (Å²) in [5.74, 6) is -1.58. The first-order chi connectivity index (χ1) is 11.0. The van der Waals surface area contributed by atoms with Gasteiger partial charge in [0.25, 0.3) is 11.7 Å². The third-order valence-electron chi connectivity index (χ3n) is 3.99. The van der Waals surface area contributed by atoms with Gasteiger partial charge in [-0.1, -0.05) is 30.3 Å². The smallest absolute Gasteiger partial charge is 0.300 e. The molecule has 1 aliphatic heterocycles. The molecule has 5 nitrogen and oxygen atoms in total. The molecule has 5 heteroatoms. The average Bonchev–Trinajstić information content (AvgIpc) is 2.81. The Morgan fingerprint density at radius 2 is 1.70 bits per heavy atom. The Hall–Kier alpha value is -2.95. The molecule has 0 bridgehead atoms. The van der Waals surface area contributed by atoms with Crippen molar-refractivity contribution >= 4 is 29.0 Å². The van der Waals surface area contributed by atoms with Gasteiger partial charge in [-0.2, -0.15) is 0 Å². The number of nitrogens with one attached hydrogen (secondary N) is 1. The van der Waals surface area contributed by atoms with Crippen LogP contribution in [0.5, 0.6) is 0 Å². The first-order valence-electron chi connectivity index (χ1n) is 7.34. The summed E-state index contributed by atoms with van der Waals surface area (Å²) in [6, 6.07) is 13.3. The van der Waals surface area contributed by atoms with E-state index in [-0.39, 0.29) is 5.91 Å². The lowest BCUT2D eigenvalue weighted by atomic mass is 10.1. The second-order valence-corrected chi connectivity index (χ2v) is 5.50. The van der Waals surface area contributed by atoms with Crippen molar-refractivity contribution in [3.63, 3.8) is 0 Å². The molecule has 0 unspecified atom stereocenters. The molecular formula is C18H16N2O3. The number of Topliss-reactive ketones (excluding diaryl/α,β-unsaturated/α-hetero) is 1. The minimum atomic E-state index is -0.783. The molecule has 0 saturated heterocycles. The van der Waals surface area contributed by atoms with Crippen LogP contribution < -0.4 is 10.2 Å². The molecule has 2 aromatic carbocycles. The Balaban J connectivity index is 1.87. The van der Waals surface area contributed by atoms with Crippen molar-refractivity contribution in [3.8, 4) is 0 Å². The molecule has 1 heterocycles. The lowest BCUT2D eigenvalue weighted by molar-refractivity contribution is -0.120. The van der Waals surface area contributed by atoms with Crippen LogP contribution in [-0.2, 0) is 9.59 Å². The number of hydrogen-bond donors (Lipinski definition) is 1. The molecule has 1 N–H and O–H groups in total. The van der Waals surface area contributed by atoms with Crippen molar-refractivity contribution < 1.29 is 14.4 Å². The van der Waals surface area contributed by atoms with E-state index in [0.29, 0.717) is 16.9 Å². The third-order valence-corrected chi connectivity index (χ3v) is 3.99. The molecule has 2 amide bonds. The molecule has 0 fully saturated rings. The van der Waals surface area contributed by atoms with E-state index in [9.17, 15) is 14.4 Å². The number of rotatable bonds is 3. The fourth-order valence-corrected chi connectivity index (χ4v) is 2.66. The summed E-state index contributed by atoms with van der Waals surface area (Å²) in [6.07, 6.45) is 0. The largest absolute Gasteiger partial charge is 0.324 e. The zero-order valence-electron chi connectivity index (χ0n) is 12.9. The van der Waals surface area contributed by atoms with E-state index in [1.54, 1.807) is 37.3 Å². The number of hydrogen-bond acceptors (Lipinski definition) is 3. The summed E-state index contributed by atoms with van der Waals surface area (Å²) in [6.45, 7) is 3.50. The fourth-order valence-electron chi connectivity index (χ4n) is 2.66. The van der Waals surface area contributed by atoms with Gasteiger partial charge in [0.1, 0.15) is 6.04 Å². The summed E-state index contributed by atoms with van der Waals surface area (Å²) in [5, 5.41) is 2.81. The van der Waals surface area contributed by atoms with Crippen LogP contribution in [0.3, 0.4) is 0 Å². The molecular weight excluding hydrogens is 292 g/mol. The van der Waals surface area contributed by atoms with Gasteiger partial charge in [-0.15, -0.1) is 0 Å². The number of fused-ring (bicyclic) bond motifs is 1. The molecule has 1 aliphatic rings. The molecule has 0 radical (unpaired) electrons. The van der Waals surface area contributed by atoms with Crippen molar-refractivity contribution in [1.82, 2.24) is 0 Å². The van der Waals surface area contributed by atoms with E-state index in [1.165, 1.54) is 4.90 Å². The maximum atomic E-state index is 12.5. The van der Waals surface area contributed by atoms with E-state index in [0.717, 1.165) is 5.56 Å². The van der Waals surface area contributed by atoms with Crippen LogP contribution >= 0.6 is 0 Å². The van der Waals surface area contributed by atoms with Crippen LogP contribution in [0.25, 0.3) is 0 Å². The first kappa shape index (κ1) is 15.0. The Labute approximate surface area is 133 Å². The second-order valence-electron chi connectivity index (χ2n) is 5.50. The standard InChI is InChI=1S/C18H16N2O3/c1-11-7-3-5-9-14(11)19-17(22)12(2)20-15-10-6-4-8-13(15)16(21)18(20)23/h3-10,12H,1-2H3,(H,19,22)/t12-/m1/s1. The summed E-state index contributed by atoms with van der Waals surface area (Å²) >= 11 is 0. The molecule has 3 rings (SSSR count). The van der Waals surface area contributed by atoms with Gasteiger partial charge in [0, 0.05) is 5.69 Å². The number of carbonyl (C=O) groups excluding carboxylic acids is 3. The minimum absolute atomic E-state index is 0.336. The summed E-state index contributed by atoms with van der Waals surface area (Å²) < 4.78 is 0.